The van der Waals surface area contributed by atoms with Crippen molar-refractivity contribution in [2.75, 3.05) is 26.9 Å². The Balaban J connectivity index is 1.44. The third kappa shape index (κ3) is 4.31. The fraction of sp³-hybridized carbons (Fsp3) is 0.406. The van der Waals surface area contributed by atoms with E-state index in [4.69, 9.17) is 19.6 Å². The molecule has 0 saturated heterocycles. The van der Waals surface area contributed by atoms with Gasteiger partial charge in [0.2, 0.25) is 5.91 Å². The van der Waals surface area contributed by atoms with E-state index >= 15 is 4.39 Å². The van der Waals surface area contributed by atoms with Crippen molar-refractivity contribution in [1.29, 1.82) is 0 Å². The molecule has 8 rings (SSSR count). The van der Waals surface area contributed by atoms with Crippen LogP contribution in [0.1, 0.15) is 37.6 Å². The second kappa shape index (κ2) is 10.2. The van der Waals surface area contributed by atoms with Crippen molar-refractivity contribution in [2.24, 2.45) is 5.41 Å². The first-order valence-corrected chi connectivity index (χ1v) is 15.2. The van der Waals surface area contributed by atoms with E-state index in [0.717, 1.165) is 46.8 Å². The molecule has 2 bridgehead atoms. The van der Waals surface area contributed by atoms with Gasteiger partial charge in [-0.3, -0.25) is 9.48 Å². The molecule has 0 spiro atoms. The minimum atomic E-state index is -0.761. The van der Waals surface area contributed by atoms with Crippen molar-refractivity contribution < 1.29 is 28.2 Å². The van der Waals surface area contributed by atoms with Gasteiger partial charge in [0.05, 0.1) is 36.6 Å². The number of nitrogens with zero attached hydrogens (tertiary/aromatic N) is 4. The van der Waals surface area contributed by atoms with Crippen LogP contribution in [0.25, 0.3) is 32.6 Å². The monoisotopic (exact) mass is 606 g/mol. The maximum absolute atomic E-state index is 15.9. The lowest BCUT2D eigenvalue weighted by molar-refractivity contribution is -0.169. The molecular formula is C32H32F2N4O4S. The Hall–Kier alpha value is -3.67. The highest BCUT2D eigenvalue weighted by Crippen LogP contribution is 2.74. The van der Waals surface area contributed by atoms with Crippen molar-refractivity contribution in [3.63, 3.8) is 0 Å². The van der Waals surface area contributed by atoms with Crippen LogP contribution in [0, 0.1) is 17.0 Å². The Bertz CT molecular complexity index is 1760. The molecule has 3 fully saturated rings. The molecule has 3 aliphatic carbocycles. The van der Waals surface area contributed by atoms with Crippen LogP contribution in [0.4, 0.5) is 8.78 Å². The van der Waals surface area contributed by atoms with Gasteiger partial charge in [0.1, 0.15) is 35.4 Å². The number of hydrogen-bond acceptors (Lipinski definition) is 7. The first kappa shape index (κ1) is 28.1. The van der Waals surface area contributed by atoms with Gasteiger partial charge in [-0.2, -0.15) is 5.10 Å². The number of ether oxygens (including phenoxy) is 2. The standard InChI is InChI=1S/C32H32F2N4O4S/c1-4-25(40)37-13-20-11-23(36-38(20)12-18(37)2)28-27(26-22(34)9-19(33)10-24(26)42-7-6-41-3)29-21(5-8-43-29)30(35-28)32-14-31(15-32,16-32)17-39/h4-5,8-11,18,39H,1,6-7,12-17H2,2-3H3. The molecular weight excluding hydrogens is 574 g/mol. The molecule has 224 valence electrons. The maximum atomic E-state index is 15.9. The Morgan fingerprint density at radius 2 is 2.02 bits per heavy atom. The van der Waals surface area contributed by atoms with Crippen molar-refractivity contribution in [3.8, 4) is 28.3 Å². The maximum Gasteiger partial charge on any atom is 0.246 e. The van der Waals surface area contributed by atoms with E-state index < -0.39 is 11.6 Å². The van der Waals surface area contributed by atoms with Crippen molar-refractivity contribution in [3.05, 3.63) is 65.3 Å². The third-order valence-corrected chi connectivity index (χ3v) is 10.2. The van der Waals surface area contributed by atoms with Gasteiger partial charge < -0.3 is 19.5 Å². The number of benzene rings is 1. The van der Waals surface area contributed by atoms with E-state index in [9.17, 15) is 14.3 Å². The van der Waals surface area contributed by atoms with Crippen LogP contribution in [0.5, 0.6) is 5.75 Å². The van der Waals surface area contributed by atoms with Crippen LogP contribution in [-0.2, 0) is 28.0 Å². The average Bonchev–Trinajstić information content (AvgIpc) is 3.58. The summed E-state index contributed by atoms with van der Waals surface area (Å²) in [6, 6.07) is 5.86. The number of aliphatic hydroxyl groups excluding tert-OH is 1. The molecule has 1 N–H and O–H groups in total. The number of thiophene rings is 1. The second-order valence-corrected chi connectivity index (χ2v) is 13.1. The first-order chi connectivity index (χ1) is 20.7. The second-order valence-electron chi connectivity index (χ2n) is 12.1. The summed E-state index contributed by atoms with van der Waals surface area (Å²) in [7, 11) is 1.53. The van der Waals surface area contributed by atoms with Crippen LogP contribution in [0.3, 0.4) is 0 Å². The van der Waals surface area contributed by atoms with Gasteiger partial charge in [-0.15, -0.1) is 11.3 Å². The predicted octanol–water partition coefficient (Wildman–Crippen LogP) is 5.46. The molecule has 11 heteroatoms. The van der Waals surface area contributed by atoms with Crippen LogP contribution >= 0.6 is 11.3 Å². The van der Waals surface area contributed by atoms with Crippen molar-refractivity contribution >= 4 is 27.3 Å². The summed E-state index contributed by atoms with van der Waals surface area (Å²) in [6.45, 7) is 6.94. The number of amides is 1. The largest absolute Gasteiger partial charge is 0.490 e. The summed E-state index contributed by atoms with van der Waals surface area (Å²) in [5.41, 5.74) is 3.17. The molecule has 1 aliphatic heterocycles. The number of carbonyl (C=O) groups is 1. The van der Waals surface area contributed by atoms with Gasteiger partial charge in [0, 0.05) is 53.0 Å². The zero-order chi connectivity index (χ0) is 30.1. The summed E-state index contributed by atoms with van der Waals surface area (Å²) >= 11 is 1.47. The zero-order valence-corrected chi connectivity index (χ0v) is 24.8. The number of carbonyl (C=O) groups excluding carboxylic acids is 1. The quantitative estimate of drug-likeness (QED) is 0.201. The number of rotatable bonds is 9. The summed E-state index contributed by atoms with van der Waals surface area (Å²) in [4.78, 5) is 19.5. The highest BCUT2D eigenvalue weighted by molar-refractivity contribution is 7.17. The fourth-order valence-electron chi connectivity index (χ4n) is 7.35. The molecule has 1 amide bonds. The molecule has 4 heterocycles. The van der Waals surface area contributed by atoms with Gasteiger partial charge in [-0.05, 0) is 55.2 Å². The lowest BCUT2D eigenvalue weighted by atomic mass is 9.34. The molecule has 4 aromatic rings. The predicted molar refractivity (Wildman–Crippen MR) is 159 cm³/mol. The van der Waals surface area contributed by atoms with Gasteiger partial charge in [0.25, 0.3) is 0 Å². The van der Waals surface area contributed by atoms with Crippen LogP contribution in [-0.4, -0.2) is 63.7 Å². The summed E-state index contributed by atoms with van der Waals surface area (Å²) < 4.78 is 44.2. The number of methoxy groups -OCH3 is 1. The van der Waals surface area contributed by atoms with Crippen LogP contribution in [0.15, 0.2) is 42.3 Å². The number of fused-ring (bicyclic) bond motifs is 2. The van der Waals surface area contributed by atoms with Crippen LogP contribution in [0.2, 0.25) is 0 Å². The first-order valence-electron chi connectivity index (χ1n) is 14.4. The Morgan fingerprint density at radius 3 is 2.74 bits per heavy atom. The summed E-state index contributed by atoms with van der Waals surface area (Å²) in [5, 5.41) is 17.8. The Kier molecular flexibility index (Phi) is 6.68. The number of hydrogen-bond donors (Lipinski definition) is 1. The number of aliphatic hydroxyl groups is 1. The Labute approximate surface area is 251 Å². The molecule has 3 saturated carbocycles. The van der Waals surface area contributed by atoms with E-state index in [2.05, 4.69) is 6.58 Å². The lowest BCUT2D eigenvalue weighted by Crippen LogP contribution is -2.66. The molecule has 1 atom stereocenters. The van der Waals surface area contributed by atoms with E-state index in [-0.39, 0.29) is 53.9 Å². The SMILES string of the molecule is C=CC(=O)N1Cc2cc(-c3nc(C45CC(CO)(C4)C5)c4ccsc4c3-c3c(F)cc(F)cc3OCCOC)nn2CC1C. The van der Waals surface area contributed by atoms with Crippen LogP contribution < -0.4 is 4.74 Å². The van der Waals surface area contributed by atoms with E-state index in [1.165, 1.54) is 30.6 Å². The zero-order valence-electron chi connectivity index (χ0n) is 24.0. The van der Waals surface area contributed by atoms with Gasteiger partial charge in [-0.25, -0.2) is 13.8 Å². The third-order valence-electron chi connectivity index (χ3n) is 9.26. The molecule has 1 aromatic carbocycles. The Morgan fingerprint density at radius 1 is 1.23 bits per heavy atom. The average molecular weight is 607 g/mol. The minimum absolute atomic E-state index is 0.0426. The normalized spacial score (nSPS) is 23.9. The van der Waals surface area contributed by atoms with E-state index in [1.54, 1.807) is 4.90 Å². The summed E-state index contributed by atoms with van der Waals surface area (Å²) in [6.07, 6.45) is 3.85. The molecule has 4 aliphatic rings. The fourth-order valence-corrected chi connectivity index (χ4v) is 8.30. The highest BCUT2D eigenvalue weighted by Gasteiger charge is 2.69. The van der Waals surface area contributed by atoms with Gasteiger partial charge in [0.15, 0.2) is 0 Å². The number of aromatic nitrogens is 3. The van der Waals surface area contributed by atoms with Gasteiger partial charge in [-0.1, -0.05) is 6.58 Å². The van der Waals surface area contributed by atoms with Crippen molar-refractivity contribution in [2.45, 2.75) is 50.7 Å². The van der Waals surface area contributed by atoms with Crippen molar-refractivity contribution in [1.82, 2.24) is 19.7 Å². The number of halogens is 2. The highest BCUT2D eigenvalue weighted by atomic mass is 32.1. The molecule has 1 unspecified atom stereocenters. The summed E-state index contributed by atoms with van der Waals surface area (Å²) in [5.74, 6) is -1.60. The van der Waals surface area contributed by atoms with Gasteiger partial charge >= 0.3 is 0 Å². The number of pyridine rings is 1. The molecule has 8 nitrogen and oxygen atoms in total. The molecule has 43 heavy (non-hydrogen) atoms. The molecule has 3 aromatic heterocycles. The smallest absolute Gasteiger partial charge is 0.246 e. The van der Waals surface area contributed by atoms with E-state index in [0.29, 0.717) is 30.0 Å². The molecule has 0 radical (unpaired) electrons. The van der Waals surface area contributed by atoms with E-state index in [1.807, 2.05) is 29.1 Å². The minimum Gasteiger partial charge on any atom is -0.490 e. The topological polar surface area (TPSA) is 89.7 Å². The lowest BCUT2D eigenvalue weighted by Gasteiger charge is -2.70.